The molecule has 1 aromatic heterocycles. The number of aromatic nitrogens is 2. The van der Waals surface area contributed by atoms with Crippen LogP contribution in [-0.4, -0.2) is 69.2 Å². The molecule has 0 spiro atoms. The zero-order valence-electron chi connectivity index (χ0n) is 17.1. The molecule has 30 heavy (non-hydrogen) atoms. The predicted octanol–water partition coefficient (Wildman–Crippen LogP) is 1.95. The van der Waals surface area contributed by atoms with E-state index in [1.54, 1.807) is 17.3 Å². The minimum atomic E-state index is -3.70. The van der Waals surface area contributed by atoms with Gasteiger partial charge < -0.3 is 14.4 Å². The van der Waals surface area contributed by atoms with E-state index in [2.05, 4.69) is 20.0 Å². The third-order valence-corrected chi connectivity index (χ3v) is 6.49. The molecule has 1 N–H and O–H groups in total. The largest absolute Gasteiger partial charge is 0.470 e. The fourth-order valence-electron chi connectivity index (χ4n) is 3.11. The second-order valence-electron chi connectivity index (χ2n) is 6.97. The molecule has 1 saturated heterocycles. The number of hydrogen-bond donors (Lipinski definition) is 1. The van der Waals surface area contributed by atoms with E-state index in [0.29, 0.717) is 30.4 Å². The van der Waals surface area contributed by atoms with E-state index >= 15 is 0 Å². The summed E-state index contributed by atoms with van der Waals surface area (Å²) >= 11 is 0. The lowest BCUT2D eigenvalue weighted by Crippen LogP contribution is -2.44. The molecule has 1 atom stereocenters. The topological polar surface area (TPSA) is 114 Å². The van der Waals surface area contributed by atoms with Crippen molar-refractivity contribution >= 4 is 27.6 Å². The number of methoxy groups -OCH3 is 1. The Labute approximate surface area is 175 Å². The van der Waals surface area contributed by atoms with Crippen molar-refractivity contribution in [2.45, 2.75) is 23.8 Å². The standard InChI is InChI=1S/C19H25N5O5S/c1-23(2)17-18(21-11-10-20-17)29-15-5-4-12-24(13-15)30(26,27)16-8-6-14(7-9-16)22-19(25)28-3/h6-11,15H,4-5,12-13H2,1-3H3,(H,22,25). The normalized spacial score (nSPS) is 17.2. The van der Waals surface area contributed by atoms with Crippen LogP contribution in [0, 0.1) is 0 Å². The van der Waals surface area contributed by atoms with Crippen molar-refractivity contribution in [3.05, 3.63) is 36.7 Å². The number of amides is 1. The van der Waals surface area contributed by atoms with Crippen LogP contribution in [0.3, 0.4) is 0 Å². The van der Waals surface area contributed by atoms with E-state index in [0.717, 1.165) is 6.42 Å². The average Bonchev–Trinajstić information content (AvgIpc) is 2.74. The molecule has 11 heteroatoms. The van der Waals surface area contributed by atoms with Crippen LogP contribution in [0.4, 0.5) is 16.3 Å². The molecular weight excluding hydrogens is 410 g/mol. The molecule has 0 saturated carbocycles. The first-order valence-corrected chi connectivity index (χ1v) is 10.9. The zero-order chi connectivity index (χ0) is 21.7. The number of carbonyl (C=O) groups excluding carboxylic acids is 1. The fourth-order valence-corrected chi connectivity index (χ4v) is 4.62. The van der Waals surface area contributed by atoms with Gasteiger partial charge in [0.15, 0.2) is 5.82 Å². The second kappa shape index (κ2) is 9.26. The van der Waals surface area contributed by atoms with Gasteiger partial charge in [0.25, 0.3) is 5.88 Å². The summed E-state index contributed by atoms with van der Waals surface area (Å²) in [5, 5.41) is 2.49. The molecule has 162 valence electrons. The number of rotatable bonds is 6. The van der Waals surface area contributed by atoms with E-state index in [4.69, 9.17) is 4.74 Å². The summed E-state index contributed by atoms with van der Waals surface area (Å²) in [6.45, 7) is 0.624. The summed E-state index contributed by atoms with van der Waals surface area (Å²) < 4.78 is 38.1. The van der Waals surface area contributed by atoms with Crippen molar-refractivity contribution in [1.29, 1.82) is 0 Å². The number of sulfonamides is 1. The highest BCUT2D eigenvalue weighted by molar-refractivity contribution is 7.89. The van der Waals surface area contributed by atoms with Crippen LogP contribution >= 0.6 is 0 Å². The van der Waals surface area contributed by atoms with Crippen molar-refractivity contribution in [2.24, 2.45) is 0 Å². The van der Waals surface area contributed by atoms with Crippen molar-refractivity contribution in [3.8, 4) is 5.88 Å². The number of nitrogens with zero attached hydrogens (tertiary/aromatic N) is 4. The van der Waals surface area contributed by atoms with Gasteiger partial charge in [0.1, 0.15) is 6.10 Å². The van der Waals surface area contributed by atoms with Crippen LogP contribution in [0.2, 0.25) is 0 Å². The van der Waals surface area contributed by atoms with Crippen molar-refractivity contribution in [2.75, 3.05) is 44.5 Å². The summed E-state index contributed by atoms with van der Waals surface area (Å²) in [6.07, 6.45) is 3.56. The van der Waals surface area contributed by atoms with Gasteiger partial charge in [-0.05, 0) is 37.1 Å². The summed E-state index contributed by atoms with van der Waals surface area (Å²) in [5.74, 6) is 0.969. The minimum absolute atomic E-state index is 0.145. The lowest BCUT2D eigenvalue weighted by atomic mass is 10.1. The molecular formula is C19H25N5O5S. The maximum Gasteiger partial charge on any atom is 0.411 e. The highest BCUT2D eigenvalue weighted by atomic mass is 32.2. The molecule has 2 heterocycles. The molecule has 2 aromatic rings. The van der Waals surface area contributed by atoms with Crippen LogP contribution in [-0.2, 0) is 14.8 Å². The molecule has 10 nitrogen and oxygen atoms in total. The number of hydrogen-bond acceptors (Lipinski definition) is 8. The average molecular weight is 436 g/mol. The molecule has 0 bridgehead atoms. The third-order valence-electron chi connectivity index (χ3n) is 4.61. The molecule has 0 radical (unpaired) electrons. The molecule has 0 aliphatic carbocycles. The minimum Gasteiger partial charge on any atom is -0.470 e. The van der Waals surface area contributed by atoms with Crippen molar-refractivity contribution in [1.82, 2.24) is 14.3 Å². The highest BCUT2D eigenvalue weighted by Gasteiger charge is 2.32. The molecule has 3 rings (SSSR count). The van der Waals surface area contributed by atoms with Crippen LogP contribution in [0.5, 0.6) is 5.88 Å². The molecule has 1 aliphatic rings. The molecule has 1 aliphatic heterocycles. The van der Waals surface area contributed by atoms with E-state index < -0.39 is 16.1 Å². The Morgan fingerprint density at radius 1 is 1.20 bits per heavy atom. The number of carbonyl (C=O) groups is 1. The lowest BCUT2D eigenvalue weighted by Gasteiger charge is -2.32. The number of anilines is 2. The van der Waals surface area contributed by atoms with Gasteiger partial charge >= 0.3 is 6.09 Å². The summed E-state index contributed by atoms with van der Waals surface area (Å²) in [4.78, 5) is 21.7. The van der Waals surface area contributed by atoms with Gasteiger partial charge in [0, 0.05) is 38.7 Å². The van der Waals surface area contributed by atoms with Gasteiger partial charge in [-0.3, -0.25) is 5.32 Å². The fraction of sp³-hybridized carbons (Fsp3) is 0.421. The van der Waals surface area contributed by atoms with Gasteiger partial charge in [0.2, 0.25) is 10.0 Å². The summed E-state index contributed by atoms with van der Waals surface area (Å²) in [6, 6.07) is 5.95. The number of piperidine rings is 1. The van der Waals surface area contributed by atoms with Crippen LogP contribution in [0.25, 0.3) is 0 Å². The van der Waals surface area contributed by atoms with Gasteiger partial charge in [0.05, 0.1) is 18.6 Å². The first kappa shape index (κ1) is 21.8. The highest BCUT2D eigenvalue weighted by Crippen LogP contribution is 2.27. The Kier molecular flexibility index (Phi) is 6.73. The summed E-state index contributed by atoms with van der Waals surface area (Å²) in [5.41, 5.74) is 0.444. The Morgan fingerprint density at radius 3 is 2.57 bits per heavy atom. The van der Waals surface area contributed by atoms with E-state index in [1.807, 2.05) is 14.1 Å². The van der Waals surface area contributed by atoms with Crippen LogP contribution in [0.15, 0.2) is 41.6 Å². The quantitative estimate of drug-likeness (QED) is 0.732. The second-order valence-corrected chi connectivity index (χ2v) is 8.90. The zero-order valence-corrected chi connectivity index (χ0v) is 17.9. The maximum atomic E-state index is 13.1. The first-order chi connectivity index (χ1) is 14.3. The molecule has 1 amide bonds. The number of nitrogens with one attached hydrogen (secondary N) is 1. The van der Waals surface area contributed by atoms with E-state index in [-0.39, 0.29) is 17.5 Å². The summed E-state index contributed by atoms with van der Waals surface area (Å²) in [7, 11) is 1.23. The lowest BCUT2D eigenvalue weighted by molar-refractivity contribution is 0.125. The van der Waals surface area contributed by atoms with Crippen molar-refractivity contribution < 1.29 is 22.7 Å². The Morgan fingerprint density at radius 2 is 1.90 bits per heavy atom. The Balaban J connectivity index is 1.72. The third kappa shape index (κ3) is 4.97. The molecule has 1 fully saturated rings. The van der Waals surface area contributed by atoms with E-state index in [1.165, 1.54) is 35.7 Å². The SMILES string of the molecule is COC(=O)Nc1ccc(S(=O)(=O)N2CCCC(Oc3nccnc3N(C)C)C2)cc1. The van der Waals surface area contributed by atoms with E-state index in [9.17, 15) is 13.2 Å². The van der Waals surface area contributed by atoms with Crippen molar-refractivity contribution in [3.63, 3.8) is 0 Å². The van der Waals surface area contributed by atoms with Crippen LogP contribution < -0.4 is 15.0 Å². The smallest absolute Gasteiger partial charge is 0.411 e. The monoisotopic (exact) mass is 435 g/mol. The maximum absolute atomic E-state index is 13.1. The molecule has 1 aromatic carbocycles. The van der Waals surface area contributed by atoms with Gasteiger partial charge in [-0.1, -0.05) is 0 Å². The van der Waals surface area contributed by atoms with Gasteiger partial charge in [-0.2, -0.15) is 4.31 Å². The van der Waals surface area contributed by atoms with Gasteiger partial charge in [-0.25, -0.2) is 23.2 Å². The van der Waals surface area contributed by atoms with Gasteiger partial charge in [-0.15, -0.1) is 0 Å². The Hall–Kier alpha value is -2.92. The molecule has 1 unspecified atom stereocenters. The predicted molar refractivity (Wildman–Crippen MR) is 111 cm³/mol. The Bertz CT molecular complexity index is 981. The van der Waals surface area contributed by atoms with Crippen LogP contribution in [0.1, 0.15) is 12.8 Å². The number of ether oxygens (including phenoxy) is 2. The first-order valence-electron chi connectivity index (χ1n) is 9.41. The number of benzene rings is 1.